The average molecular weight is 764 g/mol. The van der Waals surface area contributed by atoms with Crippen molar-refractivity contribution >= 4 is 34.1 Å². The number of carbonyl (C=O) groups is 2. The van der Waals surface area contributed by atoms with Crippen molar-refractivity contribution in [2.75, 3.05) is 32.7 Å². The Labute approximate surface area is 324 Å². The summed E-state index contributed by atoms with van der Waals surface area (Å²) < 4.78 is 0. The number of carbonyl (C=O) groups excluding carboxylic acids is 1. The molecule has 2 aliphatic rings. The van der Waals surface area contributed by atoms with Gasteiger partial charge in [-0.25, -0.2) is 4.79 Å². The van der Waals surface area contributed by atoms with E-state index in [0.717, 1.165) is 61.3 Å². The second-order valence-electron chi connectivity index (χ2n) is 14.8. The Kier molecular flexibility index (Phi) is 12.1. The lowest BCUT2D eigenvalue weighted by Gasteiger charge is -2.42. The van der Waals surface area contributed by atoms with Crippen LogP contribution in [0.3, 0.4) is 0 Å². The summed E-state index contributed by atoms with van der Waals surface area (Å²) in [5.41, 5.74) is 2.55. The number of aliphatic hydroxyl groups is 1. The minimum atomic E-state index is -1.23. The van der Waals surface area contributed by atoms with Gasteiger partial charge in [-0.05, 0) is 97.6 Å². The number of carboxylic acid groups (broad SMARTS) is 1. The third-order valence-electron chi connectivity index (χ3n) is 11.2. The normalized spacial score (nSPS) is 20.3. The van der Waals surface area contributed by atoms with Crippen molar-refractivity contribution in [3.05, 3.63) is 133 Å². The van der Waals surface area contributed by atoms with Crippen LogP contribution < -0.4 is 21.5 Å². The number of H-pyrrole nitrogens is 1. The predicted molar refractivity (Wildman–Crippen MR) is 214 cm³/mol. The van der Waals surface area contributed by atoms with E-state index >= 15 is 0 Å². The molecule has 12 heteroatoms. The summed E-state index contributed by atoms with van der Waals surface area (Å²) in [7, 11) is 0. The van der Waals surface area contributed by atoms with Gasteiger partial charge in [-0.15, -0.1) is 11.3 Å². The molecule has 1 aliphatic carbocycles. The smallest absolute Gasteiger partial charge is 0.328 e. The third kappa shape index (κ3) is 8.53. The van der Waals surface area contributed by atoms with Gasteiger partial charge in [-0.3, -0.25) is 19.8 Å². The van der Waals surface area contributed by atoms with Gasteiger partial charge in [0.2, 0.25) is 5.56 Å². The highest BCUT2D eigenvalue weighted by Gasteiger charge is 2.55. The Bertz CT molecular complexity index is 2170. The van der Waals surface area contributed by atoms with Crippen LogP contribution in [0.5, 0.6) is 5.75 Å². The summed E-state index contributed by atoms with van der Waals surface area (Å²) in [5, 5.41) is 42.3. The second kappa shape index (κ2) is 17.3. The Morgan fingerprint density at radius 2 is 1.76 bits per heavy atom. The van der Waals surface area contributed by atoms with Crippen molar-refractivity contribution in [1.82, 2.24) is 25.8 Å². The van der Waals surface area contributed by atoms with E-state index in [0.29, 0.717) is 53.9 Å². The first-order valence-electron chi connectivity index (χ1n) is 19.2. The van der Waals surface area contributed by atoms with Gasteiger partial charge < -0.3 is 30.9 Å². The Morgan fingerprint density at radius 1 is 0.964 bits per heavy atom. The number of thiophene rings is 1. The number of unbranched alkanes of at least 4 members (excludes halogenated alkanes) is 1. The van der Waals surface area contributed by atoms with Gasteiger partial charge in [-0.2, -0.15) is 0 Å². The first-order chi connectivity index (χ1) is 26.7. The fourth-order valence-corrected chi connectivity index (χ4v) is 9.42. The number of aromatic amines is 1. The van der Waals surface area contributed by atoms with Crippen molar-refractivity contribution < 1.29 is 24.9 Å². The first-order valence-corrected chi connectivity index (χ1v) is 20.0. The number of hydrogen-bond acceptors (Lipinski definition) is 9. The number of phenolic OH excluding ortho intramolecular Hbond substituents is 1. The zero-order valence-corrected chi connectivity index (χ0v) is 31.6. The second-order valence-corrected chi connectivity index (χ2v) is 16.0. The average Bonchev–Trinajstić information content (AvgIpc) is 3.81. The van der Waals surface area contributed by atoms with E-state index in [2.05, 4.69) is 56.2 Å². The summed E-state index contributed by atoms with van der Waals surface area (Å²) in [6.45, 7) is 4.48. The molecule has 3 heterocycles. The Hall–Kier alpha value is -4.85. The molecule has 0 bridgehead atoms. The van der Waals surface area contributed by atoms with Crippen molar-refractivity contribution in [1.29, 1.82) is 0 Å². The van der Waals surface area contributed by atoms with E-state index in [1.165, 1.54) is 29.0 Å². The highest BCUT2D eigenvalue weighted by atomic mass is 32.1. The first kappa shape index (κ1) is 38.4. The number of nitrogens with one attached hydrogen (secondary N) is 4. The number of piperidine rings is 1. The molecule has 288 valence electrons. The number of amides is 1. The number of hydrogen-bond donors (Lipinski definition) is 7. The molecule has 7 rings (SSSR count). The van der Waals surface area contributed by atoms with Crippen LogP contribution in [0.15, 0.2) is 95.8 Å². The molecule has 0 saturated carbocycles. The van der Waals surface area contributed by atoms with Gasteiger partial charge in [0.1, 0.15) is 11.3 Å². The van der Waals surface area contributed by atoms with Crippen LogP contribution in [0.2, 0.25) is 0 Å². The van der Waals surface area contributed by atoms with E-state index < -0.39 is 17.6 Å². The number of aliphatic carboxylic acids is 1. The fourth-order valence-electron chi connectivity index (χ4n) is 8.56. The highest BCUT2D eigenvalue weighted by Crippen LogP contribution is 2.48. The number of aliphatic hydroxyl groups excluding tert-OH is 1. The van der Waals surface area contributed by atoms with Crippen LogP contribution >= 0.6 is 11.3 Å². The number of phenols is 1. The van der Waals surface area contributed by atoms with Gasteiger partial charge >= 0.3 is 5.97 Å². The summed E-state index contributed by atoms with van der Waals surface area (Å²) in [5.74, 6) is -0.959. The number of carboxylic acids is 1. The van der Waals surface area contributed by atoms with Gasteiger partial charge in [0.15, 0.2) is 0 Å². The lowest BCUT2D eigenvalue weighted by Crippen LogP contribution is -2.56. The Morgan fingerprint density at radius 3 is 2.60 bits per heavy atom. The van der Waals surface area contributed by atoms with E-state index in [4.69, 9.17) is 0 Å². The third-order valence-corrected chi connectivity index (χ3v) is 12.3. The maximum absolute atomic E-state index is 13.5. The molecule has 3 unspecified atom stereocenters. The van der Waals surface area contributed by atoms with Crippen LogP contribution in [-0.2, 0) is 29.8 Å². The van der Waals surface area contributed by atoms with Crippen LogP contribution in [0.4, 0.5) is 0 Å². The lowest BCUT2D eigenvalue weighted by atomic mass is 9.72. The summed E-state index contributed by atoms with van der Waals surface area (Å²) in [4.78, 5) is 44.8. The standard InChI is InChI=1S/C43H49N5O6S/c49-36-17-15-32(33-16-19-39(51)47-40(33)36)37(50)25-44-20-6-7-21-45-41(52)38-18-14-31(55-38)24-46-43(42(53)54)34-13-5-4-11-29(34)23-35(43)30-12-8-22-48(27-30)26-28-9-2-1-3-10-28/h1-5,9-11,13-19,30,35,37,44,46,49-50H,6-8,12,20-27H2,(H,45,52)(H,47,51)(H,53,54)/t30?,35?,37?,43-/m0/s1. The molecule has 1 amide bonds. The quantitative estimate of drug-likeness (QED) is 0.0662. The van der Waals surface area contributed by atoms with E-state index in [1.807, 2.05) is 30.3 Å². The van der Waals surface area contributed by atoms with Crippen LogP contribution in [0.25, 0.3) is 10.9 Å². The van der Waals surface area contributed by atoms with Crippen molar-refractivity contribution in [2.45, 2.75) is 56.8 Å². The van der Waals surface area contributed by atoms with Crippen LogP contribution in [0.1, 0.15) is 68.6 Å². The molecule has 55 heavy (non-hydrogen) atoms. The fraction of sp³-hybridized carbons (Fsp3) is 0.372. The molecular weight excluding hydrogens is 715 g/mol. The van der Waals surface area contributed by atoms with Crippen molar-refractivity contribution in [2.24, 2.45) is 11.8 Å². The Balaban J connectivity index is 0.905. The molecule has 1 fully saturated rings. The number of benzene rings is 3. The number of nitrogens with zero attached hydrogens (tertiary/aromatic N) is 1. The lowest BCUT2D eigenvalue weighted by molar-refractivity contribution is -0.149. The maximum atomic E-state index is 13.5. The molecule has 0 radical (unpaired) electrons. The van der Waals surface area contributed by atoms with Gasteiger partial charge in [0, 0.05) is 55.0 Å². The molecule has 2 aromatic heterocycles. The summed E-state index contributed by atoms with van der Waals surface area (Å²) >= 11 is 1.38. The number of likely N-dealkylation sites (tertiary alicyclic amines) is 1. The molecule has 7 N–H and O–H groups in total. The maximum Gasteiger partial charge on any atom is 0.328 e. The number of rotatable bonds is 16. The van der Waals surface area contributed by atoms with Crippen LogP contribution in [-0.4, -0.2) is 69.8 Å². The monoisotopic (exact) mass is 763 g/mol. The van der Waals surface area contributed by atoms with Crippen molar-refractivity contribution in [3.8, 4) is 5.75 Å². The molecule has 4 atom stereocenters. The summed E-state index contributed by atoms with van der Waals surface area (Å²) in [6, 6.07) is 28.2. The number of aromatic nitrogens is 1. The highest BCUT2D eigenvalue weighted by molar-refractivity contribution is 7.14. The van der Waals surface area contributed by atoms with Crippen LogP contribution in [0, 0.1) is 11.8 Å². The molecule has 1 saturated heterocycles. The molecule has 1 aliphatic heterocycles. The molecule has 11 nitrogen and oxygen atoms in total. The number of pyridine rings is 1. The number of fused-ring (bicyclic) bond motifs is 2. The van der Waals surface area contributed by atoms with Crippen molar-refractivity contribution in [3.63, 3.8) is 0 Å². The predicted octanol–water partition coefficient (Wildman–Crippen LogP) is 5.28. The van der Waals surface area contributed by atoms with Gasteiger partial charge in [0.25, 0.3) is 5.91 Å². The van der Waals surface area contributed by atoms with E-state index in [-0.39, 0.29) is 29.1 Å². The zero-order chi connectivity index (χ0) is 38.4. The topological polar surface area (TPSA) is 167 Å². The minimum absolute atomic E-state index is 0.0503. The molecule has 5 aromatic rings. The SMILES string of the molecule is O=C(NCCCCNCC(O)c1ccc(O)c2[nH]c(=O)ccc12)c1ccc(CN[C@@]2(C(=O)O)c3ccccc3CC2C2CCCN(Cc3ccccc3)C2)s1. The molecule has 0 spiro atoms. The van der Waals surface area contributed by atoms with Gasteiger partial charge in [-0.1, -0.05) is 60.7 Å². The van der Waals surface area contributed by atoms with E-state index in [9.17, 15) is 29.7 Å². The molecular formula is C43H49N5O6S. The molecule has 3 aromatic carbocycles. The summed E-state index contributed by atoms with van der Waals surface area (Å²) in [6.07, 6.45) is 3.42. The number of aromatic hydroxyl groups is 1. The largest absolute Gasteiger partial charge is 0.506 e. The zero-order valence-electron chi connectivity index (χ0n) is 30.8. The minimum Gasteiger partial charge on any atom is -0.506 e. The van der Waals surface area contributed by atoms with Gasteiger partial charge in [0.05, 0.1) is 16.5 Å². The van der Waals surface area contributed by atoms with E-state index in [1.54, 1.807) is 18.2 Å².